The summed E-state index contributed by atoms with van der Waals surface area (Å²) in [6, 6.07) is 30.4. The maximum Gasteiger partial charge on any atom is 0.264 e. The van der Waals surface area contributed by atoms with Gasteiger partial charge in [-0.3, -0.25) is 13.9 Å². The van der Waals surface area contributed by atoms with Crippen LogP contribution in [0, 0.1) is 20.8 Å². The standard InChI is InChI=1S/C38H43N3O4S/c1-28-22-23-30(3)35(24-28)41(46(44,45)34-20-8-5-9-21-34)27-37(42)40(26-32-17-11-10-14-29(32)2)36(25-31-15-6-4-7-16-31)38(43)39-33-18-12-13-19-33/h4-11,14-17,20-24,33,36H,12-13,18-19,25-27H2,1-3H3,(H,39,43)/t36-/m0/s1. The predicted octanol–water partition coefficient (Wildman–Crippen LogP) is 6.51. The topological polar surface area (TPSA) is 86.8 Å². The van der Waals surface area contributed by atoms with E-state index in [9.17, 15) is 18.0 Å². The van der Waals surface area contributed by atoms with E-state index in [0.717, 1.165) is 53.5 Å². The number of nitrogens with zero attached hydrogens (tertiary/aromatic N) is 2. The summed E-state index contributed by atoms with van der Waals surface area (Å²) in [6.45, 7) is 5.41. The quantitative estimate of drug-likeness (QED) is 0.192. The zero-order valence-corrected chi connectivity index (χ0v) is 27.7. The Morgan fingerprint density at radius 1 is 0.804 bits per heavy atom. The number of carbonyl (C=O) groups is 2. The monoisotopic (exact) mass is 637 g/mol. The third-order valence-corrected chi connectivity index (χ3v) is 10.6. The molecule has 1 saturated carbocycles. The molecule has 240 valence electrons. The molecule has 1 fully saturated rings. The SMILES string of the molecule is Cc1ccc(C)c(N(CC(=O)N(Cc2ccccc2C)[C@@H](Cc2ccccc2)C(=O)NC2CCCC2)S(=O)(=O)c2ccccc2)c1. The van der Waals surface area contributed by atoms with Gasteiger partial charge in [0.25, 0.3) is 10.0 Å². The summed E-state index contributed by atoms with van der Waals surface area (Å²) in [5.41, 5.74) is 4.83. The molecule has 0 aromatic heterocycles. The molecule has 4 aromatic carbocycles. The van der Waals surface area contributed by atoms with Crippen molar-refractivity contribution in [2.24, 2.45) is 0 Å². The number of sulfonamides is 1. The lowest BCUT2D eigenvalue weighted by molar-refractivity contribution is -0.140. The maximum absolute atomic E-state index is 14.7. The Morgan fingerprint density at radius 2 is 1.43 bits per heavy atom. The molecule has 5 rings (SSSR count). The number of hydrogen-bond acceptors (Lipinski definition) is 4. The van der Waals surface area contributed by atoms with Gasteiger partial charge in [0.05, 0.1) is 10.6 Å². The van der Waals surface area contributed by atoms with Crippen LogP contribution >= 0.6 is 0 Å². The molecule has 7 nitrogen and oxygen atoms in total. The fraction of sp³-hybridized carbons (Fsp3) is 0.316. The van der Waals surface area contributed by atoms with Gasteiger partial charge in [0.1, 0.15) is 12.6 Å². The van der Waals surface area contributed by atoms with Crippen molar-refractivity contribution in [3.63, 3.8) is 0 Å². The molecule has 2 amide bonds. The number of hydrogen-bond donors (Lipinski definition) is 1. The maximum atomic E-state index is 14.7. The Morgan fingerprint density at radius 3 is 2.11 bits per heavy atom. The number of carbonyl (C=O) groups excluding carboxylic acids is 2. The summed E-state index contributed by atoms with van der Waals surface area (Å²) in [5.74, 6) is -0.673. The third kappa shape index (κ3) is 7.85. The third-order valence-electron chi connectivity index (χ3n) is 8.82. The Hall–Kier alpha value is -4.43. The number of rotatable bonds is 12. The second-order valence-corrected chi connectivity index (χ2v) is 14.1. The molecule has 0 saturated heterocycles. The fourth-order valence-electron chi connectivity index (χ4n) is 6.11. The number of anilines is 1. The average molecular weight is 638 g/mol. The molecule has 0 aliphatic heterocycles. The second kappa shape index (κ2) is 14.8. The molecule has 1 N–H and O–H groups in total. The highest BCUT2D eigenvalue weighted by Gasteiger charge is 2.36. The van der Waals surface area contributed by atoms with Crippen molar-refractivity contribution >= 4 is 27.5 Å². The number of benzene rings is 4. The molecule has 1 atom stereocenters. The van der Waals surface area contributed by atoms with Crippen molar-refractivity contribution in [1.29, 1.82) is 0 Å². The van der Waals surface area contributed by atoms with Crippen LogP contribution in [0.15, 0.2) is 108 Å². The molecule has 1 aliphatic carbocycles. The van der Waals surface area contributed by atoms with Crippen LogP contribution in [0.3, 0.4) is 0 Å². The van der Waals surface area contributed by atoms with Crippen molar-refractivity contribution in [3.8, 4) is 0 Å². The first kappa shape index (κ1) is 32.9. The van der Waals surface area contributed by atoms with Crippen LogP contribution in [0.2, 0.25) is 0 Å². The van der Waals surface area contributed by atoms with Crippen LogP contribution in [0.4, 0.5) is 5.69 Å². The fourth-order valence-corrected chi connectivity index (χ4v) is 7.61. The summed E-state index contributed by atoms with van der Waals surface area (Å²) < 4.78 is 29.7. The number of aryl methyl sites for hydroxylation is 3. The van der Waals surface area contributed by atoms with Gasteiger partial charge in [-0.1, -0.05) is 97.8 Å². The van der Waals surface area contributed by atoms with Crippen molar-refractivity contribution in [2.45, 2.75) is 76.4 Å². The molecule has 0 radical (unpaired) electrons. The lowest BCUT2D eigenvalue weighted by atomic mass is 10.0. The van der Waals surface area contributed by atoms with E-state index in [2.05, 4.69) is 5.32 Å². The van der Waals surface area contributed by atoms with E-state index in [1.807, 2.05) is 87.5 Å². The second-order valence-electron chi connectivity index (χ2n) is 12.3. The largest absolute Gasteiger partial charge is 0.352 e. The molecule has 0 heterocycles. The molecule has 0 unspecified atom stereocenters. The summed E-state index contributed by atoms with van der Waals surface area (Å²) in [7, 11) is -4.14. The molecule has 46 heavy (non-hydrogen) atoms. The lowest BCUT2D eigenvalue weighted by Crippen LogP contribution is -2.54. The Balaban J connectivity index is 1.59. The van der Waals surface area contributed by atoms with Gasteiger partial charge in [-0.15, -0.1) is 0 Å². The van der Waals surface area contributed by atoms with E-state index < -0.39 is 28.5 Å². The molecular formula is C38H43N3O4S. The smallest absolute Gasteiger partial charge is 0.264 e. The van der Waals surface area contributed by atoms with Gasteiger partial charge in [-0.25, -0.2) is 8.42 Å². The van der Waals surface area contributed by atoms with E-state index in [-0.39, 0.29) is 23.4 Å². The Kier molecular flexibility index (Phi) is 10.6. The molecule has 0 bridgehead atoms. The summed E-state index contributed by atoms with van der Waals surface area (Å²) >= 11 is 0. The van der Waals surface area contributed by atoms with Gasteiger partial charge < -0.3 is 10.2 Å². The summed E-state index contributed by atoms with van der Waals surface area (Å²) in [4.78, 5) is 30.6. The zero-order valence-electron chi connectivity index (χ0n) is 26.9. The first-order chi connectivity index (χ1) is 22.1. The highest BCUT2D eigenvalue weighted by Crippen LogP contribution is 2.29. The van der Waals surface area contributed by atoms with Crippen LogP contribution in [0.5, 0.6) is 0 Å². The van der Waals surface area contributed by atoms with Crippen molar-refractivity contribution in [1.82, 2.24) is 10.2 Å². The van der Waals surface area contributed by atoms with Gasteiger partial charge in [0, 0.05) is 19.0 Å². The van der Waals surface area contributed by atoms with E-state index in [4.69, 9.17) is 0 Å². The molecule has 0 spiro atoms. The van der Waals surface area contributed by atoms with Gasteiger partial charge in [-0.05, 0) is 79.6 Å². The molecule has 1 aliphatic rings. The van der Waals surface area contributed by atoms with Gasteiger partial charge in [0.2, 0.25) is 11.8 Å². The Labute approximate surface area is 273 Å². The predicted molar refractivity (Wildman–Crippen MR) is 183 cm³/mol. The van der Waals surface area contributed by atoms with E-state index in [1.165, 1.54) is 16.4 Å². The molecule has 4 aromatic rings. The van der Waals surface area contributed by atoms with Crippen LogP contribution in [-0.2, 0) is 32.6 Å². The first-order valence-corrected chi connectivity index (χ1v) is 17.4. The summed E-state index contributed by atoms with van der Waals surface area (Å²) in [5, 5.41) is 3.23. The minimum atomic E-state index is -4.14. The first-order valence-electron chi connectivity index (χ1n) is 16.0. The van der Waals surface area contributed by atoms with Crippen molar-refractivity contribution in [3.05, 3.63) is 131 Å². The van der Waals surface area contributed by atoms with Crippen molar-refractivity contribution < 1.29 is 18.0 Å². The van der Waals surface area contributed by atoms with E-state index in [0.29, 0.717) is 12.1 Å². The van der Waals surface area contributed by atoms with Crippen LogP contribution < -0.4 is 9.62 Å². The van der Waals surface area contributed by atoms with Crippen LogP contribution in [-0.4, -0.2) is 43.8 Å². The van der Waals surface area contributed by atoms with Crippen LogP contribution in [0.1, 0.15) is 53.5 Å². The molecule has 8 heteroatoms. The van der Waals surface area contributed by atoms with Gasteiger partial charge in [0.15, 0.2) is 0 Å². The van der Waals surface area contributed by atoms with E-state index >= 15 is 0 Å². The minimum absolute atomic E-state index is 0.0612. The van der Waals surface area contributed by atoms with Gasteiger partial charge in [-0.2, -0.15) is 0 Å². The summed E-state index contributed by atoms with van der Waals surface area (Å²) in [6.07, 6.45) is 4.23. The zero-order chi connectivity index (χ0) is 32.7. The average Bonchev–Trinajstić information content (AvgIpc) is 3.57. The highest BCUT2D eigenvalue weighted by molar-refractivity contribution is 7.92. The Bertz CT molecular complexity index is 1750. The lowest BCUT2D eigenvalue weighted by Gasteiger charge is -2.35. The number of amides is 2. The van der Waals surface area contributed by atoms with Crippen LogP contribution in [0.25, 0.3) is 0 Å². The minimum Gasteiger partial charge on any atom is -0.352 e. The van der Waals surface area contributed by atoms with E-state index in [1.54, 1.807) is 29.2 Å². The van der Waals surface area contributed by atoms with Crippen molar-refractivity contribution in [2.75, 3.05) is 10.8 Å². The number of nitrogens with one attached hydrogen (secondary N) is 1. The molecular weight excluding hydrogens is 595 g/mol. The van der Waals surface area contributed by atoms with Gasteiger partial charge >= 0.3 is 0 Å². The normalized spacial score (nSPS) is 14.1. The highest BCUT2D eigenvalue weighted by atomic mass is 32.2.